The first-order valence-electron chi connectivity index (χ1n) is 3.17. The third-order valence-corrected chi connectivity index (χ3v) is 1.40. The molecule has 1 aromatic rings. The Balaban J connectivity index is 2.78. The van der Waals surface area contributed by atoms with Gasteiger partial charge < -0.3 is 0 Å². The second kappa shape index (κ2) is 3.92. The van der Waals surface area contributed by atoms with Crippen molar-refractivity contribution in [2.24, 2.45) is 0 Å². The van der Waals surface area contributed by atoms with Gasteiger partial charge in [0.1, 0.15) is 0 Å². The second-order valence-electron chi connectivity index (χ2n) is 2.02. The molecule has 0 bridgehead atoms. The quantitative estimate of drug-likeness (QED) is 0.674. The van der Waals surface area contributed by atoms with Gasteiger partial charge in [0.25, 0.3) is 0 Å². The van der Waals surface area contributed by atoms with Gasteiger partial charge in [-0.2, -0.15) is 0 Å². The first-order chi connectivity index (χ1) is 5.75. The summed E-state index contributed by atoms with van der Waals surface area (Å²) in [6.45, 7) is 0. The lowest BCUT2D eigenvalue weighted by Gasteiger charge is -2.08. The SMILES string of the molecule is O=C(NCl)N(F)c1ccccc1. The van der Waals surface area contributed by atoms with Gasteiger partial charge >= 0.3 is 6.03 Å². The molecule has 2 amide bonds. The van der Waals surface area contributed by atoms with E-state index in [-0.39, 0.29) is 10.8 Å². The van der Waals surface area contributed by atoms with E-state index >= 15 is 0 Å². The largest absolute Gasteiger partial charge is 0.364 e. The van der Waals surface area contributed by atoms with Gasteiger partial charge in [-0.25, -0.2) is 9.63 Å². The average Bonchev–Trinajstić information content (AvgIpc) is 2.17. The number of rotatable bonds is 1. The van der Waals surface area contributed by atoms with Crippen molar-refractivity contribution in [3.8, 4) is 0 Å². The minimum atomic E-state index is -1.01. The molecule has 0 fully saturated rings. The zero-order valence-electron chi connectivity index (χ0n) is 6.00. The summed E-state index contributed by atoms with van der Waals surface area (Å²) in [5.41, 5.74) is 0.135. The van der Waals surface area contributed by atoms with Crippen molar-refractivity contribution in [1.82, 2.24) is 4.84 Å². The number of urea groups is 1. The van der Waals surface area contributed by atoms with Gasteiger partial charge in [0.2, 0.25) is 0 Å². The van der Waals surface area contributed by atoms with E-state index in [0.29, 0.717) is 0 Å². The van der Waals surface area contributed by atoms with Crippen LogP contribution in [-0.4, -0.2) is 6.03 Å². The number of nitrogens with one attached hydrogen (secondary N) is 1. The number of benzene rings is 1. The van der Waals surface area contributed by atoms with E-state index in [1.807, 2.05) is 0 Å². The van der Waals surface area contributed by atoms with Gasteiger partial charge in [0.15, 0.2) is 0 Å². The van der Waals surface area contributed by atoms with Crippen LogP contribution in [0.15, 0.2) is 30.3 Å². The van der Waals surface area contributed by atoms with Crippen LogP contribution in [0.4, 0.5) is 15.0 Å². The summed E-state index contributed by atoms with van der Waals surface area (Å²) in [5.74, 6) is 0. The van der Waals surface area contributed by atoms with Gasteiger partial charge in [-0.05, 0) is 12.1 Å². The Labute approximate surface area is 73.8 Å². The highest BCUT2D eigenvalue weighted by Crippen LogP contribution is 2.13. The summed E-state index contributed by atoms with van der Waals surface area (Å²) in [6.07, 6.45) is 0. The van der Waals surface area contributed by atoms with E-state index in [4.69, 9.17) is 11.8 Å². The van der Waals surface area contributed by atoms with E-state index in [1.54, 1.807) is 23.0 Å². The van der Waals surface area contributed by atoms with Crippen molar-refractivity contribution in [3.05, 3.63) is 30.3 Å². The molecular weight excluding hydrogens is 183 g/mol. The van der Waals surface area contributed by atoms with Gasteiger partial charge in [-0.1, -0.05) is 22.7 Å². The average molecular weight is 189 g/mol. The van der Waals surface area contributed by atoms with Gasteiger partial charge in [-0.3, -0.25) is 0 Å². The molecule has 0 saturated heterocycles. The molecule has 0 saturated carbocycles. The lowest BCUT2D eigenvalue weighted by Crippen LogP contribution is -2.28. The maximum absolute atomic E-state index is 12.9. The Hall–Kier alpha value is -1.29. The summed E-state index contributed by atoms with van der Waals surface area (Å²) in [4.78, 5) is 12.3. The molecule has 1 aromatic carbocycles. The van der Waals surface area contributed by atoms with Crippen LogP contribution in [0.25, 0.3) is 0 Å². The summed E-state index contributed by atoms with van der Waals surface area (Å²) in [5, 5.41) is -0.0764. The number of para-hydroxylation sites is 1. The minimum Gasteiger partial charge on any atom is -0.247 e. The fourth-order valence-electron chi connectivity index (χ4n) is 0.713. The Morgan fingerprint density at radius 2 is 2.00 bits per heavy atom. The first kappa shape index (κ1) is 8.80. The second-order valence-corrected chi connectivity index (χ2v) is 2.21. The number of carbonyl (C=O) groups is 1. The van der Waals surface area contributed by atoms with Gasteiger partial charge in [-0.15, -0.1) is 5.12 Å². The Morgan fingerprint density at radius 3 is 2.50 bits per heavy atom. The molecule has 0 aromatic heterocycles. The maximum atomic E-state index is 12.9. The van der Waals surface area contributed by atoms with Crippen molar-refractivity contribution in [2.45, 2.75) is 0 Å². The zero-order valence-corrected chi connectivity index (χ0v) is 6.75. The normalized spacial score (nSPS) is 9.17. The van der Waals surface area contributed by atoms with Crippen LogP contribution in [0.5, 0.6) is 0 Å². The highest BCUT2D eigenvalue weighted by molar-refractivity contribution is 6.22. The molecule has 0 aliphatic carbocycles. The molecule has 1 rings (SSSR count). The van der Waals surface area contributed by atoms with Gasteiger partial charge in [0.05, 0.1) is 5.69 Å². The molecule has 0 radical (unpaired) electrons. The summed E-state index contributed by atoms with van der Waals surface area (Å²) in [6, 6.07) is 6.84. The van der Waals surface area contributed by atoms with E-state index in [0.717, 1.165) is 0 Å². The Bertz CT molecular complexity index is 267. The van der Waals surface area contributed by atoms with Crippen molar-refractivity contribution in [3.63, 3.8) is 0 Å². The zero-order chi connectivity index (χ0) is 8.97. The lowest BCUT2D eigenvalue weighted by atomic mass is 10.3. The molecule has 0 aliphatic rings. The summed E-state index contributed by atoms with van der Waals surface area (Å²) >= 11 is 4.92. The Kier molecular flexibility index (Phi) is 2.88. The number of nitrogens with zero attached hydrogens (tertiary/aromatic N) is 1. The van der Waals surface area contributed by atoms with Crippen LogP contribution in [-0.2, 0) is 0 Å². The molecule has 0 aliphatic heterocycles. The Morgan fingerprint density at radius 1 is 1.42 bits per heavy atom. The maximum Gasteiger partial charge on any atom is 0.364 e. The number of halogens is 2. The van der Waals surface area contributed by atoms with E-state index < -0.39 is 6.03 Å². The number of hydrogen-bond donors (Lipinski definition) is 1. The fourth-order valence-corrected chi connectivity index (χ4v) is 0.787. The number of amides is 2. The topological polar surface area (TPSA) is 32.3 Å². The molecular formula is C7H6ClFN2O. The molecule has 5 heteroatoms. The molecule has 1 N–H and O–H groups in total. The number of hydrogen-bond acceptors (Lipinski definition) is 1. The smallest absolute Gasteiger partial charge is 0.247 e. The van der Waals surface area contributed by atoms with Crippen LogP contribution in [0.2, 0.25) is 0 Å². The van der Waals surface area contributed by atoms with Crippen LogP contribution in [0.3, 0.4) is 0 Å². The predicted molar refractivity (Wildman–Crippen MR) is 44.4 cm³/mol. The molecule has 12 heavy (non-hydrogen) atoms. The monoisotopic (exact) mass is 188 g/mol. The molecule has 0 heterocycles. The standard InChI is InChI=1S/C7H6ClFN2O/c8-10-7(12)11(9)6-4-2-1-3-5-6/h1-5H,(H,10,12). The number of anilines is 1. The molecule has 0 unspecified atom stereocenters. The molecule has 0 atom stereocenters. The van der Waals surface area contributed by atoms with Crippen molar-refractivity contribution in [1.29, 1.82) is 0 Å². The van der Waals surface area contributed by atoms with E-state index in [2.05, 4.69) is 0 Å². The van der Waals surface area contributed by atoms with Crippen molar-refractivity contribution in [2.75, 3.05) is 5.12 Å². The molecule has 64 valence electrons. The first-order valence-corrected chi connectivity index (χ1v) is 3.55. The van der Waals surface area contributed by atoms with Crippen LogP contribution >= 0.6 is 11.8 Å². The highest BCUT2D eigenvalue weighted by atomic mass is 35.5. The minimum absolute atomic E-state index is 0.0764. The van der Waals surface area contributed by atoms with Crippen LogP contribution in [0, 0.1) is 0 Å². The van der Waals surface area contributed by atoms with E-state index in [9.17, 15) is 9.28 Å². The van der Waals surface area contributed by atoms with Crippen molar-refractivity contribution < 1.29 is 9.28 Å². The fraction of sp³-hybridized carbons (Fsp3) is 0. The molecule has 3 nitrogen and oxygen atoms in total. The highest BCUT2D eigenvalue weighted by Gasteiger charge is 2.12. The van der Waals surface area contributed by atoms with Crippen LogP contribution in [0.1, 0.15) is 0 Å². The van der Waals surface area contributed by atoms with E-state index in [1.165, 1.54) is 12.1 Å². The van der Waals surface area contributed by atoms with Gasteiger partial charge in [0, 0.05) is 11.8 Å². The lowest BCUT2D eigenvalue weighted by molar-refractivity contribution is 0.238. The van der Waals surface area contributed by atoms with Crippen molar-refractivity contribution >= 4 is 23.5 Å². The summed E-state index contributed by atoms with van der Waals surface area (Å²) in [7, 11) is 0. The number of carbonyl (C=O) groups excluding carboxylic acids is 1. The predicted octanol–water partition coefficient (Wildman–Crippen LogP) is 2.24. The third-order valence-electron chi connectivity index (χ3n) is 1.24. The van der Waals surface area contributed by atoms with Crippen LogP contribution < -0.4 is 9.96 Å². The summed E-state index contributed by atoms with van der Waals surface area (Å²) < 4.78 is 12.9. The third kappa shape index (κ3) is 1.85. The molecule has 0 spiro atoms.